The number of rotatable bonds is 6. The first-order valence-electron chi connectivity index (χ1n) is 6.97. The topological polar surface area (TPSA) is 81.5 Å². The number of carbonyl (C=O) groups is 1. The van der Waals surface area contributed by atoms with E-state index in [-0.39, 0.29) is 23.0 Å². The lowest BCUT2D eigenvalue weighted by atomic mass is 10.2. The molecule has 23 heavy (non-hydrogen) atoms. The molecule has 0 saturated carbocycles. The highest BCUT2D eigenvalue weighted by Crippen LogP contribution is 2.38. The van der Waals surface area contributed by atoms with Crippen LogP contribution in [0.25, 0.3) is 0 Å². The van der Waals surface area contributed by atoms with Crippen LogP contribution in [0, 0.1) is 10.1 Å². The molecule has 8 heteroatoms. The van der Waals surface area contributed by atoms with E-state index >= 15 is 0 Å². The van der Waals surface area contributed by atoms with Crippen LogP contribution < -0.4 is 5.32 Å². The number of esters is 1. The van der Waals surface area contributed by atoms with Gasteiger partial charge in [0, 0.05) is 10.9 Å². The summed E-state index contributed by atoms with van der Waals surface area (Å²) < 4.78 is 5.03. The largest absolute Gasteiger partial charge is 0.462 e. The van der Waals surface area contributed by atoms with Crippen LogP contribution in [0.3, 0.4) is 0 Å². The van der Waals surface area contributed by atoms with E-state index in [0.717, 1.165) is 11.3 Å². The van der Waals surface area contributed by atoms with Gasteiger partial charge < -0.3 is 10.1 Å². The first kappa shape index (κ1) is 17.2. The standard InChI is InChI=1S/C15H15ClN2O4S/c1-3-9-8-10(15(19)22-4-2)14(23-9)17-13-11(16)6-5-7-12(13)18(20)21/h5-8,17H,3-4H2,1-2H3. The molecule has 1 heterocycles. The Morgan fingerprint density at radius 1 is 1.43 bits per heavy atom. The van der Waals surface area contributed by atoms with Gasteiger partial charge in [-0.2, -0.15) is 0 Å². The molecule has 0 saturated heterocycles. The Morgan fingerprint density at radius 2 is 2.17 bits per heavy atom. The molecule has 2 rings (SSSR count). The van der Waals surface area contributed by atoms with Crippen molar-refractivity contribution in [3.05, 3.63) is 49.8 Å². The van der Waals surface area contributed by atoms with Crippen LogP contribution in [0.2, 0.25) is 5.02 Å². The van der Waals surface area contributed by atoms with Gasteiger partial charge in [-0.05, 0) is 25.5 Å². The molecule has 6 nitrogen and oxygen atoms in total. The Balaban J connectivity index is 2.46. The average Bonchev–Trinajstić information content (AvgIpc) is 2.92. The van der Waals surface area contributed by atoms with E-state index in [2.05, 4.69) is 5.32 Å². The summed E-state index contributed by atoms with van der Waals surface area (Å²) in [5.74, 6) is -0.472. The predicted molar refractivity (Wildman–Crippen MR) is 91.0 cm³/mol. The molecule has 1 aromatic carbocycles. The zero-order chi connectivity index (χ0) is 17.0. The molecule has 122 valence electrons. The Kier molecular flexibility index (Phi) is 5.57. The van der Waals surface area contributed by atoms with Crippen molar-refractivity contribution in [2.75, 3.05) is 11.9 Å². The number of anilines is 2. The maximum absolute atomic E-state index is 12.1. The summed E-state index contributed by atoms with van der Waals surface area (Å²) in [6.07, 6.45) is 0.739. The number of ether oxygens (including phenoxy) is 1. The minimum Gasteiger partial charge on any atom is -0.462 e. The monoisotopic (exact) mass is 354 g/mol. The van der Waals surface area contributed by atoms with Crippen molar-refractivity contribution in [1.82, 2.24) is 0 Å². The molecule has 0 aliphatic carbocycles. The Hall–Kier alpha value is -2.12. The maximum atomic E-state index is 12.1. The molecular weight excluding hydrogens is 340 g/mol. The van der Waals surface area contributed by atoms with Gasteiger partial charge in [-0.1, -0.05) is 24.6 Å². The van der Waals surface area contributed by atoms with Gasteiger partial charge in [0.2, 0.25) is 0 Å². The number of hydrogen-bond donors (Lipinski definition) is 1. The second kappa shape index (κ2) is 7.43. The lowest BCUT2D eigenvalue weighted by Gasteiger charge is -2.09. The molecule has 0 fully saturated rings. The van der Waals surface area contributed by atoms with E-state index in [0.29, 0.717) is 10.6 Å². The maximum Gasteiger partial charge on any atom is 0.341 e. The van der Waals surface area contributed by atoms with E-state index in [1.54, 1.807) is 19.1 Å². The summed E-state index contributed by atoms with van der Waals surface area (Å²) in [4.78, 5) is 23.7. The Bertz CT molecular complexity index is 745. The van der Waals surface area contributed by atoms with Crippen LogP contribution in [0.1, 0.15) is 29.1 Å². The summed E-state index contributed by atoms with van der Waals surface area (Å²) in [5, 5.41) is 14.8. The van der Waals surface area contributed by atoms with Gasteiger partial charge in [0.05, 0.1) is 22.1 Å². The molecule has 0 spiro atoms. The normalized spacial score (nSPS) is 10.4. The van der Waals surface area contributed by atoms with Crippen molar-refractivity contribution < 1.29 is 14.5 Å². The third-order valence-electron chi connectivity index (χ3n) is 3.05. The zero-order valence-electron chi connectivity index (χ0n) is 12.6. The number of halogens is 1. The summed E-state index contributed by atoms with van der Waals surface area (Å²) in [6.45, 7) is 3.93. The van der Waals surface area contributed by atoms with Gasteiger partial charge in [0.25, 0.3) is 5.69 Å². The van der Waals surface area contributed by atoms with Crippen molar-refractivity contribution >= 4 is 45.3 Å². The minimum absolute atomic E-state index is 0.154. The fourth-order valence-electron chi connectivity index (χ4n) is 1.97. The summed E-state index contributed by atoms with van der Waals surface area (Å²) in [5.41, 5.74) is 0.357. The van der Waals surface area contributed by atoms with Gasteiger partial charge in [0.1, 0.15) is 10.7 Å². The summed E-state index contributed by atoms with van der Waals surface area (Å²) >= 11 is 7.42. The quantitative estimate of drug-likeness (QED) is 0.458. The second-order valence-corrected chi connectivity index (χ2v) is 6.09. The molecular formula is C15H15ClN2O4S. The van der Waals surface area contributed by atoms with Crippen LogP contribution in [-0.4, -0.2) is 17.5 Å². The third kappa shape index (κ3) is 3.80. The third-order valence-corrected chi connectivity index (χ3v) is 4.56. The van der Waals surface area contributed by atoms with E-state index in [4.69, 9.17) is 16.3 Å². The van der Waals surface area contributed by atoms with Gasteiger partial charge >= 0.3 is 5.97 Å². The lowest BCUT2D eigenvalue weighted by molar-refractivity contribution is -0.383. The van der Waals surface area contributed by atoms with E-state index < -0.39 is 10.9 Å². The molecule has 2 aromatic rings. The van der Waals surface area contributed by atoms with Crippen LogP contribution in [0.5, 0.6) is 0 Å². The molecule has 0 aliphatic heterocycles. The number of para-hydroxylation sites is 1. The van der Waals surface area contributed by atoms with Crippen LogP contribution in [0.15, 0.2) is 24.3 Å². The van der Waals surface area contributed by atoms with Crippen molar-refractivity contribution in [3.8, 4) is 0 Å². The van der Waals surface area contributed by atoms with E-state index in [1.807, 2.05) is 6.92 Å². The molecule has 0 unspecified atom stereocenters. The van der Waals surface area contributed by atoms with Crippen LogP contribution in [0.4, 0.5) is 16.4 Å². The SMILES string of the molecule is CCOC(=O)c1cc(CC)sc1Nc1c(Cl)cccc1[N+](=O)[O-]. The number of nitro groups is 1. The molecule has 1 aromatic heterocycles. The number of nitro benzene ring substituents is 1. The van der Waals surface area contributed by atoms with Crippen LogP contribution >= 0.6 is 22.9 Å². The number of nitrogens with one attached hydrogen (secondary N) is 1. The smallest absolute Gasteiger partial charge is 0.341 e. The summed E-state index contributed by atoms with van der Waals surface area (Å²) in [7, 11) is 0. The highest BCUT2D eigenvalue weighted by molar-refractivity contribution is 7.16. The van der Waals surface area contributed by atoms with Crippen molar-refractivity contribution in [2.45, 2.75) is 20.3 Å². The van der Waals surface area contributed by atoms with Crippen molar-refractivity contribution in [1.29, 1.82) is 0 Å². The highest BCUT2D eigenvalue weighted by Gasteiger charge is 2.22. The Labute approximate surface area is 142 Å². The van der Waals surface area contributed by atoms with Gasteiger partial charge in [-0.25, -0.2) is 4.79 Å². The average molecular weight is 355 g/mol. The molecule has 0 atom stereocenters. The van der Waals surface area contributed by atoms with Gasteiger partial charge in [-0.15, -0.1) is 11.3 Å². The van der Waals surface area contributed by atoms with Gasteiger partial charge in [-0.3, -0.25) is 10.1 Å². The van der Waals surface area contributed by atoms with E-state index in [9.17, 15) is 14.9 Å². The number of aryl methyl sites for hydroxylation is 1. The fraction of sp³-hybridized carbons (Fsp3) is 0.267. The molecule has 0 amide bonds. The minimum atomic E-state index is -0.521. The molecule has 0 bridgehead atoms. The number of carbonyl (C=O) groups excluding carboxylic acids is 1. The highest BCUT2D eigenvalue weighted by atomic mass is 35.5. The van der Waals surface area contributed by atoms with Crippen molar-refractivity contribution in [3.63, 3.8) is 0 Å². The molecule has 1 N–H and O–H groups in total. The van der Waals surface area contributed by atoms with Crippen molar-refractivity contribution in [2.24, 2.45) is 0 Å². The number of nitrogens with zero attached hydrogens (tertiary/aromatic N) is 1. The lowest BCUT2D eigenvalue weighted by Crippen LogP contribution is -2.06. The Morgan fingerprint density at radius 3 is 2.78 bits per heavy atom. The number of benzene rings is 1. The molecule has 0 aliphatic rings. The molecule has 0 radical (unpaired) electrons. The van der Waals surface area contributed by atoms with Crippen LogP contribution in [-0.2, 0) is 11.2 Å². The predicted octanol–water partition coefficient (Wildman–Crippen LogP) is 4.79. The first-order chi connectivity index (χ1) is 11.0. The second-order valence-electron chi connectivity index (χ2n) is 4.55. The van der Waals surface area contributed by atoms with Gasteiger partial charge in [0.15, 0.2) is 0 Å². The fourth-order valence-corrected chi connectivity index (χ4v) is 3.18. The number of hydrogen-bond acceptors (Lipinski definition) is 6. The summed E-state index contributed by atoms with van der Waals surface area (Å²) in [6, 6.07) is 6.14. The first-order valence-corrected chi connectivity index (χ1v) is 8.17. The number of thiophene rings is 1. The zero-order valence-corrected chi connectivity index (χ0v) is 14.2. The van der Waals surface area contributed by atoms with E-state index in [1.165, 1.54) is 23.5 Å².